The van der Waals surface area contributed by atoms with E-state index in [-0.39, 0.29) is 11.9 Å². The average Bonchev–Trinajstić information content (AvgIpc) is 2.90. The molecule has 1 atom stereocenters. The molecular weight excluding hydrogens is 248 g/mol. The van der Waals surface area contributed by atoms with Crippen molar-refractivity contribution in [1.29, 1.82) is 0 Å². The number of likely N-dealkylation sites (N-methyl/N-ethyl adjacent to an activating group) is 1. The highest BCUT2D eigenvalue weighted by molar-refractivity contribution is 6.31. The second-order valence-electron chi connectivity index (χ2n) is 4.75. The minimum Gasteiger partial charge on any atom is -0.344 e. The summed E-state index contributed by atoms with van der Waals surface area (Å²) in [4.78, 5) is 13.9. The van der Waals surface area contributed by atoms with E-state index in [4.69, 9.17) is 11.6 Å². The Morgan fingerprint density at radius 1 is 1.50 bits per heavy atom. The number of hydrogen-bond acceptors (Lipinski definition) is 2. The maximum atomic E-state index is 12.1. The quantitative estimate of drug-likeness (QED) is 0.905. The van der Waals surface area contributed by atoms with Crippen molar-refractivity contribution in [3.63, 3.8) is 0 Å². The molecule has 1 saturated heterocycles. The molecule has 98 valence electrons. The van der Waals surface area contributed by atoms with Gasteiger partial charge in [0.1, 0.15) is 0 Å². The summed E-state index contributed by atoms with van der Waals surface area (Å²) >= 11 is 6.10. The van der Waals surface area contributed by atoms with Gasteiger partial charge in [-0.15, -0.1) is 0 Å². The molecule has 2 rings (SSSR count). The predicted octanol–water partition coefficient (Wildman–Crippen LogP) is 2.09. The summed E-state index contributed by atoms with van der Waals surface area (Å²) in [7, 11) is 1.86. The molecule has 1 unspecified atom stereocenters. The lowest BCUT2D eigenvalue weighted by Crippen LogP contribution is -2.42. The average molecular weight is 267 g/mol. The van der Waals surface area contributed by atoms with E-state index in [2.05, 4.69) is 5.32 Å². The molecule has 1 aromatic rings. The van der Waals surface area contributed by atoms with Crippen LogP contribution in [0, 0.1) is 0 Å². The van der Waals surface area contributed by atoms with Gasteiger partial charge in [-0.05, 0) is 37.4 Å². The number of rotatable bonds is 4. The lowest BCUT2D eigenvalue weighted by atomic mass is 10.1. The Balaban J connectivity index is 1.86. The summed E-state index contributed by atoms with van der Waals surface area (Å²) in [6, 6.07) is 7.80. The monoisotopic (exact) mass is 266 g/mol. The van der Waals surface area contributed by atoms with Crippen molar-refractivity contribution in [2.45, 2.75) is 25.3 Å². The highest BCUT2D eigenvalue weighted by atomic mass is 35.5. The van der Waals surface area contributed by atoms with Crippen LogP contribution in [0.1, 0.15) is 18.4 Å². The molecule has 0 aliphatic carbocycles. The second kappa shape index (κ2) is 6.21. The fourth-order valence-corrected chi connectivity index (χ4v) is 2.49. The molecule has 0 saturated carbocycles. The van der Waals surface area contributed by atoms with E-state index < -0.39 is 0 Å². The zero-order chi connectivity index (χ0) is 13.0. The molecule has 1 fully saturated rings. The molecule has 1 aromatic carbocycles. The summed E-state index contributed by atoms with van der Waals surface area (Å²) in [6.07, 6.45) is 2.85. The molecule has 3 nitrogen and oxygen atoms in total. The Labute approximate surface area is 113 Å². The van der Waals surface area contributed by atoms with Gasteiger partial charge in [-0.3, -0.25) is 4.79 Å². The van der Waals surface area contributed by atoms with Crippen molar-refractivity contribution in [2.75, 3.05) is 20.1 Å². The summed E-state index contributed by atoms with van der Waals surface area (Å²) in [5, 5.41) is 4.00. The van der Waals surface area contributed by atoms with Crippen LogP contribution in [0.4, 0.5) is 0 Å². The van der Waals surface area contributed by atoms with E-state index in [1.54, 1.807) is 4.90 Å². The molecule has 4 heteroatoms. The third kappa shape index (κ3) is 3.24. The van der Waals surface area contributed by atoms with E-state index in [1.165, 1.54) is 0 Å². The van der Waals surface area contributed by atoms with Crippen LogP contribution in [0.2, 0.25) is 5.02 Å². The van der Waals surface area contributed by atoms with Crippen molar-refractivity contribution in [3.05, 3.63) is 34.9 Å². The first kappa shape index (κ1) is 13.4. The normalized spacial score (nSPS) is 18.9. The Hall–Kier alpha value is -1.06. The van der Waals surface area contributed by atoms with E-state index in [1.807, 2.05) is 31.3 Å². The lowest BCUT2D eigenvalue weighted by molar-refractivity contribution is -0.131. The maximum Gasteiger partial charge on any atom is 0.239 e. The van der Waals surface area contributed by atoms with Crippen LogP contribution in [0.5, 0.6) is 0 Å². The highest BCUT2D eigenvalue weighted by Crippen LogP contribution is 2.16. The first-order valence-electron chi connectivity index (χ1n) is 6.40. The SMILES string of the molecule is CN(CCc1ccccc1Cl)C(=O)C1CCCN1. The van der Waals surface area contributed by atoms with Crippen LogP contribution in [0.3, 0.4) is 0 Å². The predicted molar refractivity (Wildman–Crippen MR) is 73.8 cm³/mol. The molecule has 0 radical (unpaired) electrons. The van der Waals surface area contributed by atoms with E-state index >= 15 is 0 Å². The number of carbonyl (C=O) groups excluding carboxylic acids is 1. The standard InChI is InChI=1S/C14H19ClN2O/c1-17(14(18)13-7-4-9-16-13)10-8-11-5-2-3-6-12(11)15/h2-3,5-6,13,16H,4,7-10H2,1H3. The molecule has 0 bridgehead atoms. The van der Waals surface area contributed by atoms with Gasteiger partial charge >= 0.3 is 0 Å². The van der Waals surface area contributed by atoms with Gasteiger partial charge in [0, 0.05) is 18.6 Å². The lowest BCUT2D eigenvalue weighted by Gasteiger charge is -2.21. The van der Waals surface area contributed by atoms with E-state index in [0.29, 0.717) is 6.54 Å². The fourth-order valence-electron chi connectivity index (χ4n) is 2.26. The van der Waals surface area contributed by atoms with Gasteiger partial charge in [0.2, 0.25) is 5.91 Å². The van der Waals surface area contributed by atoms with Crippen molar-refractivity contribution in [2.24, 2.45) is 0 Å². The zero-order valence-electron chi connectivity index (χ0n) is 10.7. The number of halogens is 1. The van der Waals surface area contributed by atoms with E-state index in [9.17, 15) is 4.79 Å². The van der Waals surface area contributed by atoms with Gasteiger partial charge in [0.25, 0.3) is 0 Å². The van der Waals surface area contributed by atoms with Crippen molar-refractivity contribution in [1.82, 2.24) is 10.2 Å². The van der Waals surface area contributed by atoms with Crippen LogP contribution in [-0.4, -0.2) is 37.0 Å². The molecule has 18 heavy (non-hydrogen) atoms. The fraction of sp³-hybridized carbons (Fsp3) is 0.500. The number of nitrogens with zero attached hydrogens (tertiary/aromatic N) is 1. The third-order valence-electron chi connectivity index (χ3n) is 3.41. The first-order chi connectivity index (χ1) is 8.68. The topological polar surface area (TPSA) is 32.3 Å². The van der Waals surface area contributed by atoms with Crippen LogP contribution in [0.25, 0.3) is 0 Å². The second-order valence-corrected chi connectivity index (χ2v) is 5.16. The van der Waals surface area contributed by atoms with Crippen LogP contribution >= 0.6 is 11.6 Å². The van der Waals surface area contributed by atoms with Gasteiger partial charge in [-0.25, -0.2) is 0 Å². The highest BCUT2D eigenvalue weighted by Gasteiger charge is 2.24. The Morgan fingerprint density at radius 2 is 2.28 bits per heavy atom. The van der Waals surface area contributed by atoms with Crippen molar-refractivity contribution < 1.29 is 4.79 Å². The molecule has 1 heterocycles. The molecule has 1 amide bonds. The molecule has 0 aromatic heterocycles. The number of nitrogens with one attached hydrogen (secondary N) is 1. The Bertz CT molecular complexity index is 416. The van der Waals surface area contributed by atoms with Crippen molar-refractivity contribution >= 4 is 17.5 Å². The summed E-state index contributed by atoms with van der Waals surface area (Å²) in [5.41, 5.74) is 1.10. The molecule has 1 aliphatic rings. The molecule has 1 aliphatic heterocycles. The maximum absolute atomic E-state index is 12.1. The van der Waals surface area contributed by atoms with Crippen LogP contribution in [-0.2, 0) is 11.2 Å². The summed E-state index contributed by atoms with van der Waals surface area (Å²) in [6.45, 7) is 1.66. The summed E-state index contributed by atoms with van der Waals surface area (Å²) < 4.78 is 0. The van der Waals surface area contributed by atoms with Crippen LogP contribution in [0.15, 0.2) is 24.3 Å². The minimum absolute atomic E-state index is 0.0150. The van der Waals surface area contributed by atoms with Gasteiger partial charge in [-0.1, -0.05) is 29.8 Å². The van der Waals surface area contributed by atoms with Crippen LogP contribution < -0.4 is 5.32 Å². The molecular formula is C14H19ClN2O. The van der Waals surface area contributed by atoms with Gasteiger partial charge in [0.05, 0.1) is 6.04 Å². The van der Waals surface area contributed by atoms with Gasteiger partial charge < -0.3 is 10.2 Å². The Kier molecular flexibility index (Phi) is 4.61. The summed E-state index contributed by atoms with van der Waals surface area (Å²) in [5.74, 6) is 0.194. The number of carbonyl (C=O) groups is 1. The number of amides is 1. The Morgan fingerprint density at radius 3 is 2.94 bits per heavy atom. The minimum atomic E-state index is 0.0150. The van der Waals surface area contributed by atoms with Gasteiger partial charge in [-0.2, -0.15) is 0 Å². The zero-order valence-corrected chi connectivity index (χ0v) is 11.4. The number of hydrogen-bond donors (Lipinski definition) is 1. The smallest absolute Gasteiger partial charge is 0.239 e. The largest absolute Gasteiger partial charge is 0.344 e. The number of benzene rings is 1. The first-order valence-corrected chi connectivity index (χ1v) is 6.78. The van der Waals surface area contributed by atoms with Gasteiger partial charge in [0.15, 0.2) is 0 Å². The van der Waals surface area contributed by atoms with Crippen molar-refractivity contribution in [3.8, 4) is 0 Å². The van der Waals surface area contributed by atoms with E-state index in [0.717, 1.165) is 36.4 Å². The molecule has 0 spiro atoms. The molecule has 1 N–H and O–H groups in total. The third-order valence-corrected chi connectivity index (χ3v) is 3.78.